The van der Waals surface area contributed by atoms with Crippen LogP contribution in [0.1, 0.15) is 47.3 Å². The summed E-state index contributed by atoms with van der Waals surface area (Å²) in [5.41, 5.74) is 1.80. The van der Waals surface area contributed by atoms with Crippen LogP contribution in [0.2, 0.25) is 5.02 Å². The number of amides is 2. The van der Waals surface area contributed by atoms with E-state index >= 15 is 8.78 Å². The summed E-state index contributed by atoms with van der Waals surface area (Å²) in [6.07, 6.45) is 5.28. The summed E-state index contributed by atoms with van der Waals surface area (Å²) in [6, 6.07) is 17.0. The van der Waals surface area contributed by atoms with Gasteiger partial charge in [-0.1, -0.05) is 35.9 Å². The van der Waals surface area contributed by atoms with Crippen molar-refractivity contribution < 1.29 is 18.4 Å². The normalized spacial score (nSPS) is 17.4. The molecule has 40 heavy (non-hydrogen) atoms. The molecule has 0 unspecified atom stereocenters. The molecule has 2 aromatic carbocycles. The first-order valence-electron chi connectivity index (χ1n) is 13.1. The minimum atomic E-state index is -3.34. The summed E-state index contributed by atoms with van der Waals surface area (Å²) < 4.78 is 31.0. The number of carbonyl (C=O) groups excluding carboxylic acids is 2. The zero-order valence-corrected chi connectivity index (χ0v) is 23.4. The SMILES string of the molecule is Cl.O=C(C=C1c2ccccc2N(C(=O)c2ccc(N3CCCCC3)cc2Cl)CCC1(F)F)NCc1ccccn1. The lowest BCUT2D eigenvalue weighted by Gasteiger charge is -2.29. The van der Waals surface area contributed by atoms with Crippen LogP contribution in [0.4, 0.5) is 20.2 Å². The van der Waals surface area contributed by atoms with Gasteiger partial charge in [0.25, 0.3) is 11.8 Å². The molecule has 3 heterocycles. The highest BCUT2D eigenvalue weighted by Gasteiger charge is 2.41. The maximum Gasteiger partial charge on any atom is 0.275 e. The molecule has 0 saturated carbocycles. The average Bonchev–Trinajstić information content (AvgIpc) is 3.06. The molecule has 0 aliphatic carbocycles. The molecule has 1 N–H and O–H groups in total. The fourth-order valence-corrected chi connectivity index (χ4v) is 5.33. The van der Waals surface area contributed by atoms with Crippen molar-refractivity contribution in [3.05, 3.63) is 94.8 Å². The van der Waals surface area contributed by atoms with E-state index in [-0.39, 0.29) is 41.6 Å². The van der Waals surface area contributed by atoms with Crippen LogP contribution in [0.25, 0.3) is 5.57 Å². The Labute approximate surface area is 243 Å². The Balaban J connectivity index is 0.00000370. The van der Waals surface area contributed by atoms with Gasteiger partial charge in [0.15, 0.2) is 0 Å². The zero-order valence-electron chi connectivity index (χ0n) is 21.8. The van der Waals surface area contributed by atoms with Gasteiger partial charge in [0, 0.05) is 55.2 Å². The molecule has 2 aliphatic rings. The number of halogens is 4. The third-order valence-corrected chi connectivity index (χ3v) is 7.44. The number of hydrogen-bond acceptors (Lipinski definition) is 4. The number of nitrogens with one attached hydrogen (secondary N) is 1. The molecule has 1 fully saturated rings. The number of fused-ring (bicyclic) bond motifs is 1. The first-order chi connectivity index (χ1) is 18.8. The molecule has 0 atom stereocenters. The molecule has 2 amide bonds. The lowest BCUT2D eigenvalue weighted by molar-refractivity contribution is -0.116. The van der Waals surface area contributed by atoms with Crippen molar-refractivity contribution >= 4 is 52.8 Å². The van der Waals surface area contributed by atoms with Gasteiger partial charge < -0.3 is 15.1 Å². The monoisotopic (exact) mass is 586 g/mol. The topological polar surface area (TPSA) is 65.5 Å². The van der Waals surface area contributed by atoms with Crippen LogP contribution >= 0.6 is 24.0 Å². The number of alkyl halides is 2. The molecule has 1 aromatic heterocycles. The van der Waals surface area contributed by atoms with Crippen molar-refractivity contribution in [3.63, 3.8) is 0 Å². The average molecular weight is 587 g/mol. The highest BCUT2D eigenvalue weighted by molar-refractivity contribution is 6.35. The largest absolute Gasteiger partial charge is 0.371 e. The maximum absolute atomic E-state index is 15.5. The van der Waals surface area contributed by atoms with E-state index in [9.17, 15) is 9.59 Å². The molecule has 2 aliphatic heterocycles. The molecule has 0 spiro atoms. The van der Waals surface area contributed by atoms with Crippen molar-refractivity contribution in [3.8, 4) is 0 Å². The standard InChI is InChI=1S/C30H29ClF2N4O2.ClH/c31-26-18-22(36-15-6-1-7-16-36)11-12-24(26)29(39)37-17-13-30(32,33)25(23-9-2-3-10-27(23)37)19-28(38)35-20-21-8-4-5-14-34-21;/h2-5,8-12,14,18-19H,1,6-7,13,15-17,20H2,(H,35,38);1H. The summed E-state index contributed by atoms with van der Waals surface area (Å²) in [5.74, 6) is -4.47. The number of rotatable bonds is 5. The van der Waals surface area contributed by atoms with E-state index < -0.39 is 29.7 Å². The molecule has 0 bridgehead atoms. The van der Waals surface area contributed by atoms with E-state index in [0.29, 0.717) is 11.4 Å². The number of benzene rings is 2. The Morgan fingerprint density at radius 3 is 2.48 bits per heavy atom. The summed E-state index contributed by atoms with van der Waals surface area (Å²) in [7, 11) is 0. The number of carbonyl (C=O) groups is 2. The Bertz CT molecular complexity index is 1400. The lowest BCUT2D eigenvalue weighted by atomic mass is 9.97. The molecule has 6 nitrogen and oxygen atoms in total. The Kier molecular flexibility index (Phi) is 9.43. The van der Waals surface area contributed by atoms with Gasteiger partial charge in [-0.3, -0.25) is 14.6 Å². The van der Waals surface area contributed by atoms with Crippen molar-refractivity contribution in [2.24, 2.45) is 0 Å². The number of pyridine rings is 1. The molecule has 3 aromatic rings. The van der Waals surface area contributed by atoms with E-state index in [1.165, 1.54) is 17.4 Å². The molecule has 5 rings (SSSR count). The van der Waals surface area contributed by atoms with Gasteiger partial charge in [-0.05, 0) is 55.7 Å². The summed E-state index contributed by atoms with van der Waals surface area (Å²) >= 11 is 6.58. The highest BCUT2D eigenvalue weighted by Crippen LogP contribution is 2.43. The second-order valence-electron chi connectivity index (χ2n) is 9.74. The first kappa shape index (κ1) is 29.5. The second-order valence-corrected chi connectivity index (χ2v) is 10.1. The maximum atomic E-state index is 15.5. The van der Waals surface area contributed by atoms with Crippen molar-refractivity contribution in [1.29, 1.82) is 0 Å². The van der Waals surface area contributed by atoms with Crippen LogP contribution in [0.15, 0.2) is 72.9 Å². The smallest absolute Gasteiger partial charge is 0.275 e. The summed E-state index contributed by atoms with van der Waals surface area (Å²) in [6.45, 7) is 1.73. The second kappa shape index (κ2) is 12.8. The van der Waals surface area contributed by atoms with Crippen LogP contribution in [0.5, 0.6) is 0 Å². The first-order valence-corrected chi connectivity index (χ1v) is 13.4. The predicted octanol–water partition coefficient (Wildman–Crippen LogP) is 6.53. The minimum absolute atomic E-state index is 0. The number of allylic oxidation sites excluding steroid dienone is 1. The van der Waals surface area contributed by atoms with Gasteiger partial charge >= 0.3 is 0 Å². The Hall–Kier alpha value is -3.49. The van der Waals surface area contributed by atoms with Gasteiger partial charge in [-0.2, -0.15) is 0 Å². The van der Waals surface area contributed by atoms with Crippen LogP contribution in [-0.4, -0.2) is 42.4 Å². The van der Waals surface area contributed by atoms with Crippen molar-refractivity contribution in [2.45, 2.75) is 38.2 Å². The third kappa shape index (κ3) is 6.45. The molecular formula is C30H30Cl2F2N4O2. The zero-order chi connectivity index (χ0) is 27.4. The molecule has 210 valence electrons. The molecule has 10 heteroatoms. The highest BCUT2D eigenvalue weighted by atomic mass is 35.5. The number of hydrogen-bond donors (Lipinski definition) is 1. The number of aromatic nitrogens is 1. The number of anilines is 2. The summed E-state index contributed by atoms with van der Waals surface area (Å²) in [5, 5.41) is 2.90. The van der Waals surface area contributed by atoms with Gasteiger partial charge in [-0.15, -0.1) is 12.4 Å². The fourth-order valence-electron chi connectivity index (χ4n) is 5.07. The third-order valence-electron chi connectivity index (χ3n) is 7.12. The van der Waals surface area contributed by atoms with E-state index in [0.717, 1.165) is 37.7 Å². The van der Waals surface area contributed by atoms with Gasteiger partial charge in [0.05, 0.1) is 28.5 Å². The van der Waals surface area contributed by atoms with Gasteiger partial charge in [0.1, 0.15) is 0 Å². The number of piperidine rings is 1. The lowest BCUT2D eigenvalue weighted by Crippen LogP contribution is -2.33. The Morgan fingerprint density at radius 2 is 1.75 bits per heavy atom. The minimum Gasteiger partial charge on any atom is -0.371 e. The van der Waals surface area contributed by atoms with Crippen LogP contribution < -0.4 is 15.1 Å². The van der Waals surface area contributed by atoms with E-state index in [2.05, 4.69) is 15.2 Å². The molecule has 1 saturated heterocycles. The van der Waals surface area contributed by atoms with Gasteiger partial charge in [-0.25, -0.2) is 8.78 Å². The quantitative estimate of drug-likeness (QED) is 0.345. The van der Waals surface area contributed by atoms with E-state index in [1.54, 1.807) is 54.7 Å². The van der Waals surface area contributed by atoms with E-state index in [1.807, 2.05) is 6.07 Å². The van der Waals surface area contributed by atoms with Crippen LogP contribution in [0, 0.1) is 0 Å². The predicted molar refractivity (Wildman–Crippen MR) is 157 cm³/mol. The van der Waals surface area contributed by atoms with Crippen molar-refractivity contribution in [2.75, 3.05) is 29.4 Å². The number of para-hydroxylation sites is 1. The van der Waals surface area contributed by atoms with E-state index in [4.69, 9.17) is 11.6 Å². The van der Waals surface area contributed by atoms with Crippen LogP contribution in [0.3, 0.4) is 0 Å². The molecular weight excluding hydrogens is 557 g/mol. The fraction of sp³-hybridized carbons (Fsp3) is 0.300. The molecule has 0 radical (unpaired) electrons. The van der Waals surface area contributed by atoms with Crippen LogP contribution in [-0.2, 0) is 11.3 Å². The van der Waals surface area contributed by atoms with Crippen molar-refractivity contribution in [1.82, 2.24) is 10.3 Å². The van der Waals surface area contributed by atoms with Gasteiger partial charge in [0.2, 0.25) is 5.91 Å². The Morgan fingerprint density at radius 1 is 1.00 bits per heavy atom. The summed E-state index contributed by atoms with van der Waals surface area (Å²) in [4.78, 5) is 34.1. The number of nitrogens with zero attached hydrogens (tertiary/aromatic N) is 3.